The van der Waals surface area contributed by atoms with Crippen molar-refractivity contribution < 1.29 is 22.4 Å². The van der Waals surface area contributed by atoms with Gasteiger partial charge in [0.25, 0.3) is 5.91 Å². The summed E-state index contributed by atoms with van der Waals surface area (Å²) in [7, 11) is 0. The van der Waals surface area contributed by atoms with Gasteiger partial charge in [-0.25, -0.2) is 4.39 Å². The van der Waals surface area contributed by atoms with Gasteiger partial charge < -0.3 is 11.1 Å². The normalized spacial score (nSPS) is 13.1. The Balaban J connectivity index is 2.84. The molecule has 0 aliphatic carbocycles. The summed E-state index contributed by atoms with van der Waals surface area (Å²) in [5.74, 6) is -2.47. The summed E-state index contributed by atoms with van der Waals surface area (Å²) in [4.78, 5) is 11.7. The standard InChI is InChI=1S/C13H16F4N2O/c1-2-4-8(18)7-19-12(20)9-5-3-6-10(11(9)14)13(15,16)17/h3,5-6,8H,2,4,7,18H2,1H3,(H,19,20). The van der Waals surface area contributed by atoms with Gasteiger partial charge in [-0.1, -0.05) is 19.4 Å². The topological polar surface area (TPSA) is 55.1 Å². The predicted molar refractivity (Wildman–Crippen MR) is 66.6 cm³/mol. The number of alkyl halides is 3. The number of carbonyl (C=O) groups is 1. The zero-order chi connectivity index (χ0) is 15.3. The Morgan fingerprint density at radius 2 is 2.05 bits per heavy atom. The average Bonchev–Trinajstić information content (AvgIpc) is 2.35. The number of nitrogens with two attached hydrogens (primary N) is 1. The molecule has 1 atom stereocenters. The Bertz CT molecular complexity index is 474. The Kier molecular flexibility index (Phi) is 5.50. The second-order valence-electron chi connectivity index (χ2n) is 4.42. The second-order valence-corrected chi connectivity index (χ2v) is 4.42. The zero-order valence-corrected chi connectivity index (χ0v) is 10.9. The van der Waals surface area contributed by atoms with E-state index in [1.807, 2.05) is 6.92 Å². The number of hydrogen-bond donors (Lipinski definition) is 2. The molecule has 112 valence electrons. The first-order chi connectivity index (χ1) is 9.27. The van der Waals surface area contributed by atoms with Gasteiger partial charge in [0, 0.05) is 12.6 Å². The van der Waals surface area contributed by atoms with Gasteiger partial charge in [0.05, 0.1) is 11.1 Å². The molecule has 0 heterocycles. The van der Waals surface area contributed by atoms with E-state index in [1.54, 1.807) is 0 Å². The Morgan fingerprint density at radius 3 is 2.60 bits per heavy atom. The minimum Gasteiger partial charge on any atom is -0.350 e. The van der Waals surface area contributed by atoms with Crippen LogP contribution < -0.4 is 11.1 Å². The molecule has 0 bridgehead atoms. The number of nitrogens with one attached hydrogen (secondary N) is 1. The van der Waals surface area contributed by atoms with Crippen LogP contribution in [0, 0.1) is 5.82 Å². The summed E-state index contributed by atoms with van der Waals surface area (Å²) in [6.07, 6.45) is -3.36. The third-order valence-electron chi connectivity index (χ3n) is 2.73. The van der Waals surface area contributed by atoms with Gasteiger partial charge >= 0.3 is 6.18 Å². The molecule has 0 saturated carbocycles. The van der Waals surface area contributed by atoms with Crippen LogP contribution in [0.2, 0.25) is 0 Å². The van der Waals surface area contributed by atoms with E-state index in [1.165, 1.54) is 0 Å². The molecule has 1 unspecified atom stereocenters. The number of benzene rings is 1. The SMILES string of the molecule is CCCC(N)CNC(=O)c1cccc(C(F)(F)F)c1F. The molecular weight excluding hydrogens is 276 g/mol. The molecule has 0 saturated heterocycles. The Labute approximate surface area is 114 Å². The maximum atomic E-state index is 13.7. The molecular formula is C13H16F4N2O. The van der Waals surface area contributed by atoms with Crippen LogP contribution in [0.3, 0.4) is 0 Å². The van der Waals surface area contributed by atoms with Gasteiger partial charge in [0.15, 0.2) is 0 Å². The fourth-order valence-corrected chi connectivity index (χ4v) is 1.72. The number of hydrogen-bond acceptors (Lipinski definition) is 2. The van der Waals surface area contributed by atoms with Crippen LogP contribution in [0.1, 0.15) is 35.7 Å². The minimum absolute atomic E-state index is 0.0857. The van der Waals surface area contributed by atoms with E-state index in [4.69, 9.17) is 5.73 Å². The van der Waals surface area contributed by atoms with Crippen LogP contribution in [0.25, 0.3) is 0 Å². The van der Waals surface area contributed by atoms with Crippen LogP contribution >= 0.6 is 0 Å². The van der Waals surface area contributed by atoms with Crippen molar-refractivity contribution in [2.75, 3.05) is 6.54 Å². The molecule has 0 aliphatic heterocycles. The van der Waals surface area contributed by atoms with Gasteiger partial charge in [-0.3, -0.25) is 4.79 Å². The summed E-state index contributed by atoms with van der Waals surface area (Å²) in [5, 5.41) is 2.33. The van der Waals surface area contributed by atoms with Crippen molar-refractivity contribution in [3.8, 4) is 0 Å². The van der Waals surface area contributed by atoms with Gasteiger partial charge in [0.2, 0.25) is 0 Å². The fourth-order valence-electron chi connectivity index (χ4n) is 1.72. The molecule has 1 amide bonds. The van der Waals surface area contributed by atoms with Crippen molar-refractivity contribution in [1.82, 2.24) is 5.32 Å². The number of amides is 1. The zero-order valence-electron chi connectivity index (χ0n) is 10.9. The maximum Gasteiger partial charge on any atom is 0.419 e. The highest BCUT2D eigenvalue weighted by atomic mass is 19.4. The molecule has 0 fully saturated rings. The molecule has 20 heavy (non-hydrogen) atoms. The Morgan fingerprint density at radius 1 is 1.40 bits per heavy atom. The van der Waals surface area contributed by atoms with E-state index < -0.39 is 29.0 Å². The van der Waals surface area contributed by atoms with Gasteiger partial charge in [-0.05, 0) is 18.6 Å². The van der Waals surface area contributed by atoms with E-state index in [2.05, 4.69) is 5.32 Å². The lowest BCUT2D eigenvalue weighted by atomic mass is 10.1. The average molecular weight is 292 g/mol. The third kappa shape index (κ3) is 4.19. The molecule has 1 rings (SSSR count). The highest BCUT2D eigenvalue weighted by molar-refractivity contribution is 5.94. The fraction of sp³-hybridized carbons (Fsp3) is 0.462. The van der Waals surface area contributed by atoms with Crippen molar-refractivity contribution in [2.24, 2.45) is 5.73 Å². The van der Waals surface area contributed by atoms with E-state index in [-0.39, 0.29) is 12.6 Å². The van der Waals surface area contributed by atoms with Gasteiger partial charge in [0.1, 0.15) is 5.82 Å². The van der Waals surface area contributed by atoms with Crippen molar-refractivity contribution in [3.05, 3.63) is 35.1 Å². The van der Waals surface area contributed by atoms with E-state index in [9.17, 15) is 22.4 Å². The van der Waals surface area contributed by atoms with E-state index in [0.717, 1.165) is 18.6 Å². The third-order valence-corrected chi connectivity index (χ3v) is 2.73. The summed E-state index contributed by atoms with van der Waals surface area (Å²) in [5.41, 5.74) is 3.57. The first kappa shape index (κ1) is 16.4. The lowest BCUT2D eigenvalue weighted by Crippen LogP contribution is -2.37. The highest BCUT2D eigenvalue weighted by Crippen LogP contribution is 2.32. The summed E-state index contributed by atoms with van der Waals surface area (Å²) in [6.45, 7) is 2.00. The lowest BCUT2D eigenvalue weighted by molar-refractivity contribution is -0.140. The second kappa shape index (κ2) is 6.69. The van der Waals surface area contributed by atoms with Gasteiger partial charge in [-0.2, -0.15) is 13.2 Å². The molecule has 0 spiro atoms. The summed E-state index contributed by atoms with van der Waals surface area (Å²) in [6, 6.07) is 2.28. The van der Waals surface area contributed by atoms with Crippen molar-refractivity contribution >= 4 is 5.91 Å². The molecule has 0 aromatic heterocycles. The first-order valence-electron chi connectivity index (χ1n) is 6.16. The van der Waals surface area contributed by atoms with Gasteiger partial charge in [-0.15, -0.1) is 0 Å². The quantitative estimate of drug-likeness (QED) is 0.820. The molecule has 3 N–H and O–H groups in total. The van der Waals surface area contributed by atoms with Crippen LogP contribution in [-0.4, -0.2) is 18.5 Å². The smallest absolute Gasteiger partial charge is 0.350 e. The van der Waals surface area contributed by atoms with E-state index >= 15 is 0 Å². The molecule has 0 radical (unpaired) electrons. The van der Waals surface area contributed by atoms with Crippen LogP contribution in [0.15, 0.2) is 18.2 Å². The summed E-state index contributed by atoms with van der Waals surface area (Å²) >= 11 is 0. The van der Waals surface area contributed by atoms with Crippen LogP contribution in [-0.2, 0) is 6.18 Å². The predicted octanol–water partition coefficient (Wildman–Crippen LogP) is 2.70. The molecule has 3 nitrogen and oxygen atoms in total. The molecule has 7 heteroatoms. The van der Waals surface area contributed by atoms with E-state index in [0.29, 0.717) is 12.5 Å². The Hall–Kier alpha value is -1.63. The maximum absolute atomic E-state index is 13.7. The minimum atomic E-state index is -4.83. The molecule has 0 aliphatic rings. The van der Waals surface area contributed by atoms with Crippen LogP contribution in [0.4, 0.5) is 17.6 Å². The monoisotopic (exact) mass is 292 g/mol. The number of carbonyl (C=O) groups excluding carboxylic acids is 1. The lowest BCUT2D eigenvalue weighted by Gasteiger charge is -2.13. The van der Waals surface area contributed by atoms with Crippen molar-refractivity contribution in [3.63, 3.8) is 0 Å². The first-order valence-corrected chi connectivity index (χ1v) is 6.16. The summed E-state index contributed by atoms with van der Waals surface area (Å²) < 4.78 is 51.2. The molecule has 1 aromatic carbocycles. The number of halogens is 4. The van der Waals surface area contributed by atoms with Crippen molar-refractivity contribution in [2.45, 2.75) is 32.0 Å². The number of rotatable bonds is 5. The van der Waals surface area contributed by atoms with Crippen molar-refractivity contribution in [1.29, 1.82) is 0 Å². The largest absolute Gasteiger partial charge is 0.419 e. The highest BCUT2D eigenvalue weighted by Gasteiger charge is 2.35. The van der Waals surface area contributed by atoms with Crippen LogP contribution in [0.5, 0.6) is 0 Å². The molecule has 1 aromatic rings.